The van der Waals surface area contributed by atoms with Gasteiger partial charge in [0.1, 0.15) is 4.90 Å². The normalized spacial score (nSPS) is 20.4. The highest BCUT2D eigenvalue weighted by molar-refractivity contribution is 7.89. The Bertz CT molecular complexity index is 589. The fourth-order valence-electron chi connectivity index (χ4n) is 2.65. The Morgan fingerprint density at radius 3 is 2.81 bits per heavy atom. The summed E-state index contributed by atoms with van der Waals surface area (Å²) in [5.41, 5.74) is 6.74. The highest BCUT2D eigenvalue weighted by Gasteiger charge is 2.21. The first-order valence-corrected chi connectivity index (χ1v) is 8.69. The molecule has 1 saturated heterocycles. The molecule has 7 heteroatoms. The predicted molar refractivity (Wildman–Crippen MR) is 85.9 cm³/mol. The molecule has 1 atom stereocenters. The minimum Gasteiger partial charge on any atom is -0.399 e. The average molecular weight is 312 g/mol. The van der Waals surface area contributed by atoms with Crippen LogP contribution in [-0.2, 0) is 10.0 Å². The van der Waals surface area contributed by atoms with Gasteiger partial charge in [0.25, 0.3) is 0 Å². The van der Waals surface area contributed by atoms with Gasteiger partial charge in [-0.25, -0.2) is 13.1 Å². The van der Waals surface area contributed by atoms with E-state index in [1.54, 1.807) is 12.1 Å². The van der Waals surface area contributed by atoms with E-state index in [4.69, 9.17) is 5.73 Å². The lowest BCUT2D eigenvalue weighted by molar-refractivity contribution is 0.194. The number of nitrogens with two attached hydrogens (primary N) is 1. The Morgan fingerprint density at radius 1 is 1.38 bits per heavy atom. The lowest BCUT2D eigenvalue weighted by Crippen LogP contribution is -2.41. The minimum atomic E-state index is -3.52. The number of nitrogens with one attached hydrogen (secondary N) is 2. The van der Waals surface area contributed by atoms with Gasteiger partial charge in [0, 0.05) is 18.3 Å². The van der Waals surface area contributed by atoms with Crippen LogP contribution < -0.4 is 15.8 Å². The van der Waals surface area contributed by atoms with Crippen LogP contribution in [0.4, 0.5) is 11.4 Å². The highest BCUT2D eigenvalue weighted by atomic mass is 32.2. The van der Waals surface area contributed by atoms with Crippen LogP contribution in [0, 0.1) is 0 Å². The Kier molecular flexibility index (Phi) is 5.08. The van der Waals surface area contributed by atoms with Crippen LogP contribution in [0.2, 0.25) is 0 Å². The Labute approximate surface area is 126 Å². The number of anilines is 2. The quantitative estimate of drug-likeness (QED) is 0.708. The number of rotatable bonds is 5. The molecule has 21 heavy (non-hydrogen) atoms. The summed E-state index contributed by atoms with van der Waals surface area (Å²) in [4.78, 5) is 2.52. The van der Waals surface area contributed by atoms with Crippen molar-refractivity contribution in [3.63, 3.8) is 0 Å². The second-order valence-corrected chi connectivity index (χ2v) is 7.33. The van der Waals surface area contributed by atoms with Crippen molar-refractivity contribution >= 4 is 21.4 Å². The van der Waals surface area contributed by atoms with Gasteiger partial charge >= 0.3 is 0 Å². The molecule has 2 rings (SSSR count). The molecule has 0 aromatic heterocycles. The number of piperidine rings is 1. The van der Waals surface area contributed by atoms with E-state index >= 15 is 0 Å². The van der Waals surface area contributed by atoms with Crippen LogP contribution in [0.15, 0.2) is 23.1 Å². The van der Waals surface area contributed by atoms with E-state index in [-0.39, 0.29) is 4.90 Å². The zero-order chi connectivity index (χ0) is 15.5. The van der Waals surface area contributed by atoms with Gasteiger partial charge in [0.2, 0.25) is 10.0 Å². The van der Waals surface area contributed by atoms with Gasteiger partial charge in [-0.1, -0.05) is 6.42 Å². The Balaban J connectivity index is 2.16. The van der Waals surface area contributed by atoms with Crippen molar-refractivity contribution in [2.45, 2.75) is 30.2 Å². The number of likely N-dealkylation sites (tertiary alicyclic amines) is 1. The second kappa shape index (κ2) is 6.64. The molecular formula is C14H24N4O2S. The molecule has 0 amide bonds. The summed E-state index contributed by atoms with van der Waals surface area (Å²) in [7, 11) is -0.0130. The molecule has 118 valence electrons. The number of nitrogens with zero attached hydrogens (tertiary/aromatic N) is 1. The molecule has 0 saturated carbocycles. The van der Waals surface area contributed by atoms with Gasteiger partial charge in [-0.05, 0) is 51.7 Å². The van der Waals surface area contributed by atoms with Crippen LogP contribution in [0.1, 0.15) is 19.3 Å². The second-order valence-electron chi connectivity index (χ2n) is 5.47. The van der Waals surface area contributed by atoms with Crippen molar-refractivity contribution in [3.8, 4) is 0 Å². The molecule has 0 aliphatic carbocycles. The molecule has 1 aliphatic rings. The number of sulfonamides is 1. The maximum Gasteiger partial charge on any atom is 0.242 e. The Hall–Kier alpha value is -1.31. The van der Waals surface area contributed by atoms with E-state index in [0.29, 0.717) is 17.4 Å². The molecule has 1 fully saturated rings. The van der Waals surface area contributed by atoms with Crippen LogP contribution in [0.5, 0.6) is 0 Å². The van der Waals surface area contributed by atoms with Crippen LogP contribution >= 0.6 is 0 Å². The van der Waals surface area contributed by atoms with Crippen molar-refractivity contribution in [1.82, 2.24) is 9.62 Å². The summed E-state index contributed by atoms with van der Waals surface area (Å²) >= 11 is 0. The third kappa shape index (κ3) is 3.87. The fourth-order valence-corrected chi connectivity index (χ4v) is 3.59. The van der Waals surface area contributed by atoms with Crippen molar-refractivity contribution in [3.05, 3.63) is 18.2 Å². The van der Waals surface area contributed by atoms with Gasteiger partial charge in [0.05, 0.1) is 5.69 Å². The van der Waals surface area contributed by atoms with Gasteiger partial charge < -0.3 is 16.0 Å². The molecule has 1 aromatic rings. The number of nitrogen functional groups attached to an aromatic ring is 1. The van der Waals surface area contributed by atoms with Crippen molar-refractivity contribution < 1.29 is 8.42 Å². The first-order valence-electron chi connectivity index (χ1n) is 7.21. The molecule has 1 heterocycles. The summed E-state index contributed by atoms with van der Waals surface area (Å²) in [6.45, 7) is 1.82. The molecule has 0 spiro atoms. The standard InChI is InChI=1S/C14H24N4O2S/c1-16-21(19,20)14-9-11(15)6-7-13(14)17-10-12-5-3-4-8-18(12)2/h6-7,9,12,16-17H,3-5,8,10,15H2,1-2H3. The van der Waals surface area contributed by atoms with Crippen molar-refractivity contribution in [2.24, 2.45) is 0 Å². The van der Waals surface area contributed by atoms with E-state index in [1.165, 1.54) is 26.0 Å². The van der Waals surface area contributed by atoms with Crippen LogP contribution in [0.3, 0.4) is 0 Å². The summed E-state index contributed by atoms with van der Waals surface area (Å²) in [6.07, 6.45) is 3.58. The molecular weight excluding hydrogens is 288 g/mol. The monoisotopic (exact) mass is 312 g/mol. The van der Waals surface area contributed by atoms with Crippen LogP contribution in [-0.4, -0.2) is 46.5 Å². The summed E-state index contributed by atoms with van der Waals surface area (Å²) < 4.78 is 26.5. The van der Waals surface area contributed by atoms with E-state index in [2.05, 4.69) is 22.0 Å². The summed E-state index contributed by atoms with van der Waals surface area (Å²) in [6, 6.07) is 5.35. The lowest BCUT2D eigenvalue weighted by atomic mass is 10.0. The average Bonchev–Trinajstić information content (AvgIpc) is 2.47. The first kappa shape index (κ1) is 16.1. The number of hydrogen-bond acceptors (Lipinski definition) is 5. The van der Waals surface area contributed by atoms with Gasteiger partial charge in [0.15, 0.2) is 0 Å². The molecule has 0 radical (unpaired) electrons. The topological polar surface area (TPSA) is 87.5 Å². The zero-order valence-corrected chi connectivity index (χ0v) is 13.4. The molecule has 6 nitrogen and oxygen atoms in total. The Morgan fingerprint density at radius 2 is 2.14 bits per heavy atom. The molecule has 1 aromatic carbocycles. The van der Waals surface area contributed by atoms with Gasteiger partial charge in [-0.2, -0.15) is 0 Å². The minimum absolute atomic E-state index is 0.198. The number of benzene rings is 1. The molecule has 4 N–H and O–H groups in total. The van der Waals surface area contributed by atoms with Crippen molar-refractivity contribution in [2.75, 3.05) is 38.2 Å². The molecule has 1 unspecified atom stereocenters. The maximum atomic E-state index is 12.1. The third-order valence-corrected chi connectivity index (χ3v) is 5.47. The van der Waals surface area contributed by atoms with E-state index < -0.39 is 10.0 Å². The third-order valence-electron chi connectivity index (χ3n) is 4.01. The molecule has 0 bridgehead atoms. The lowest BCUT2D eigenvalue weighted by Gasteiger charge is -2.33. The van der Waals surface area contributed by atoms with E-state index in [0.717, 1.165) is 19.5 Å². The SMILES string of the molecule is CNS(=O)(=O)c1cc(N)ccc1NCC1CCCCN1C. The number of likely N-dealkylation sites (N-methyl/N-ethyl adjacent to an activating group) is 1. The number of hydrogen-bond donors (Lipinski definition) is 3. The predicted octanol–water partition coefficient (Wildman–Crippen LogP) is 1.07. The summed E-state index contributed by atoms with van der Waals surface area (Å²) in [5, 5.41) is 3.26. The van der Waals surface area contributed by atoms with E-state index in [1.807, 2.05) is 0 Å². The first-order chi connectivity index (χ1) is 9.94. The molecule has 1 aliphatic heterocycles. The van der Waals surface area contributed by atoms with Gasteiger partial charge in [-0.15, -0.1) is 0 Å². The van der Waals surface area contributed by atoms with Crippen molar-refractivity contribution in [1.29, 1.82) is 0 Å². The largest absolute Gasteiger partial charge is 0.399 e. The smallest absolute Gasteiger partial charge is 0.242 e. The maximum absolute atomic E-state index is 12.1. The summed E-state index contributed by atoms with van der Waals surface area (Å²) in [5.74, 6) is 0. The zero-order valence-electron chi connectivity index (χ0n) is 12.6. The highest BCUT2D eigenvalue weighted by Crippen LogP contribution is 2.24. The van der Waals surface area contributed by atoms with Crippen LogP contribution in [0.25, 0.3) is 0 Å². The van der Waals surface area contributed by atoms with E-state index in [9.17, 15) is 8.42 Å². The fraction of sp³-hybridized carbons (Fsp3) is 0.571. The van der Waals surface area contributed by atoms with Gasteiger partial charge in [-0.3, -0.25) is 0 Å².